The summed E-state index contributed by atoms with van der Waals surface area (Å²) in [5.41, 5.74) is 7.84. The van der Waals surface area contributed by atoms with E-state index in [4.69, 9.17) is 4.74 Å². The van der Waals surface area contributed by atoms with E-state index < -0.39 is 0 Å². The fourth-order valence-corrected chi connectivity index (χ4v) is 2.84. The maximum Gasteiger partial charge on any atom is 0.0612 e. The fraction of sp³-hybridized carbons (Fsp3) is 0.600. The number of ether oxygens (including phenoxy) is 1. The smallest absolute Gasteiger partial charge is 0.0612 e. The third kappa shape index (κ3) is 2.85. The van der Waals surface area contributed by atoms with Gasteiger partial charge < -0.3 is 10.2 Å². The summed E-state index contributed by atoms with van der Waals surface area (Å²) in [5, 5.41) is 2.25. The SMILES string of the molecule is c1cc2c(cc1NN1CCOCC1)CCCCC2. The number of hydrogen-bond donors (Lipinski definition) is 1. The number of hydrogen-bond acceptors (Lipinski definition) is 3. The molecule has 0 unspecified atom stereocenters. The lowest BCUT2D eigenvalue weighted by molar-refractivity contribution is 0.0497. The van der Waals surface area contributed by atoms with Crippen molar-refractivity contribution in [3.05, 3.63) is 29.3 Å². The summed E-state index contributed by atoms with van der Waals surface area (Å²) in [6, 6.07) is 6.87. The minimum Gasteiger partial charge on any atom is -0.379 e. The van der Waals surface area contributed by atoms with Gasteiger partial charge >= 0.3 is 0 Å². The van der Waals surface area contributed by atoms with Crippen molar-refractivity contribution in [2.75, 3.05) is 31.7 Å². The molecule has 98 valence electrons. The molecule has 0 saturated carbocycles. The quantitative estimate of drug-likeness (QED) is 0.812. The van der Waals surface area contributed by atoms with Crippen LogP contribution in [0.2, 0.25) is 0 Å². The van der Waals surface area contributed by atoms with E-state index in [1.54, 1.807) is 11.1 Å². The number of nitrogens with one attached hydrogen (secondary N) is 1. The largest absolute Gasteiger partial charge is 0.379 e. The lowest BCUT2D eigenvalue weighted by Gasteiger charge is -2.28. The summed E-state index contributed by atoms with van der Waals surface area (Å²) in [7, 11) is 0. The van der Waals surface area contributed by atoms with Gasteiger partial charge in [-0.05, 0) is 48.9 Å². The number of fused-ring (bicyclic) bond motifs is 1. The monoisotopic (exact) mass is 246 g/mol. The van der Waals surface area contributed by atoms with Crippen molar-refractivity contribution in [1.82, 2.24) is 5.01 Å². The van der Waals surface area contributed by atoms with Gasteiger partial charge in [0.05, 0.1) is 13.2 Å². The van der Waals surface area contributed by atoms with Gasteiger partial charge in [-0.2, -0.15) is 0 Å². The highest BCUT2D eigenvalue weighted by molar-refractivity contribution is 5.48. The Bertz CT molecular complexity index is 399. The summed E-state index contributed by atoms with van der Waals surface area (Å²) in [5.74, 6) is 0. The van der Waals surface area contributed by atoms with Gasteiger partial charge in [-0.3, -0.25) is 0 Å². The molecule has 0 atom stereocenters. The molecule has 0 radical (unpaired) electrons. The van der Waals surface area contributed by atoms with Crippen LogP contribution in [0.25, 0.3) is 0 Å². The molecule has 3 nitrogen and oxygen atoms in total. The highest BCUT2D eigenvalue weighted by Crippen LogP contribution is 2.24. The number of anilines is 1. The summed E-state index contributed by atoms with van der Waals surface area (Å²) in [6.07, 6.45) is 6.57. The van der Waals surface area contributed by atoms with Gasteiger partial charge in [-0.15, -0.1) is 0 Å². The lowest BCUT2D eigenvalue weighted by atomic mass is 10.0. The van der Waals surface area contributed by atoms with E-state index in [1.807, 2.05) is 0 Å². The van der Waals surface area contributed by atoms with Gasteiger partial charge in [0.25, 0.3) is 0 Å². The van der Waals surface area contributed by atoms with E-state index in [0.29, 0.717) is 0 Å². The van der Waals surface area contributed by atoms with Crippen LogP contribution >= 0.6 is 0 Å². The Morgan fingerprint density at radius 3 is 2.56 bits per heavy atom. The molecule has 0 spiro atoms. The minimum atomic E-state index is 0.831. The predicted octanol–water partition coefficient (Wildman–Crippen LogP) is 2.61. The lowest BCUT2D eigenvalue weighted by Crippen LogP contribution is -2.40. The van der Waals surface area contributed by atoms with Crippen molar-refractivity contribution in [3.8, 4) is 0 Å². The molecular weight excluding hydrogens is 224 g/mol. The summed E-state index contributed by atoms with van der Waals surface area (Å²) in [6.45, 7) is 3.60. The van der Waals surface area contributed by atoms with Crippen LogP contribution in [-0.4, -0.2) is 31.3 Å². The van der Waals surface area contributed by atoms with Crippen molar-refractivity contribution < 1.29 is 4.74 Å². The maximum atomic E-state index is 5.36. The molecule has 3 rings (SSSR count). The number of aryl methyl sites for hydroxylation is 2. The molecule has 1 heterocycles. The van der Waals surface area contributed by atoms with E-state index in [0.717, 1.165) is 26.3 Å². The highest BCUT2D eigenvalue weighted by atomic mass is 16.5. The molecule has 1 saturated heterocycles. The van der Waals surface area contributed by atoms with Crippen LogP contribution in [0, 0.1) is 0 Å². The number of rotatable bonds is 2. The highest BCUT2D eigenvalue weighted by Gasteiger charge is 2.12. The molecule has 1 aliphatic heterocycles. The topological polar surface area (TPSA) is 24.5 Å². The van der Waals surface area contributed by atoms with Gasteiger partial charge in [-0.1, -0.05) is 12.5 Å². The molecule has 0 amide bonds. The Balaban J connectivity index is 1.70. The number of morpholine rings is 1. The van der Waals surface area contributed by atoms with Gasteiger partial charge in [0.1, 0.15) is 0 Å². The molecule has 1 aromatic carbocycles. The van der Waals surface area contributed by atoms with Crippen molar-refractivity contribution in [1.29, 1.82) is 0 Å². The van der Waals surface area contributed by atoms with Crippen LogP contribution in [0.4, 0.5) is 5.69 Å². The van der Waals surface area contributed by atoms with Gasteiger partial charge in [0.2, 0.25) is 0 Å². The standard InChI is InChI=1S/C15H22N2O/c1-2-4-13-6-7-15(12-14(13)5-3-1)16-17-8-10-18-11-9-17/h6-7,12,16H,1-5,8-11H2. The first-order valence-electron chi connectivity index (χ1n) is 7.13. The molecule has 1 aromatic rings. The normalized spacial score (nSPS) is 21.1. The molecular formula is C15H22N2O. The van der Waals surface area contributed by atoms with Gasteiger partial charge in [-0.25, -0.2) is 5.01 Å². The first-order chi connectivity index (χ1) is 8.92. The Hall–Kier alpha value is -1.06. The molecule has 1 fully saturated rings. The maximum absolute atomic E-state index is 5.36. The van der Waals surface area contributed by atoms with E-state index in [-0.39, 0.29) is 0 Å². The molecule has 18 heavy (non-hydrogen) atoms. The third-order valence-electron chi connectivity index (χ3n) is 3.90. The fourth-order valence-electron chi connectivity index (χ4n) is 2.84. The molecule has 1 N–H and O–H groups in total. The molecule has 1 aliphatic carbocycles. The van der Waals surface area contributed by atoms with E-state index in [2.05, 4.69) is 28.6 Å². The summed E-state index contributed by atoms with van der Waals surface area (Å²) >= 11 is 0. The second-order valence-electron chi connectivity index (χ2n) is 5.26. The summed E-state index contributed by atoms with van der Waals surface area (Å²) in [4.78, 5) is 0. The molecule has 2 aliphatic rings. The Morgan fingerprint density at radius 2 is 1.72 bits per heavy atom. The van der Waals surface area contributed by atoms with Crippen LogP contribution in [0.3, 0.4) is 0 Å². The first kappa shape index (κ1) is 12.0. The van der Waals surface area contributed by atoms with Crippen molar-refractivity contribution in [3.63, 3.8) is 0 Å². The number of nitrogens with zero attached hydrogens (tertiary/aromatic N) is 1. The first-order valence-corrected chi connectivity index (χ1v) is 7.13. The molecule has 0 aromatic heterocycles. The Morgan fingerprint density at radius 1 is 0.944 bits per heavy atom. The van der Waals surface area contributed by atoms with Crippen LogP contribution in [0.5, 0.6) is 0 Å². The van der Waals surface area contributed by atoms with E-state index >= 15 is 0 Å². The van der Waals surface area contributed by atoms with Gasteiger partial charge in [0, 0.05) is 18.8 Å². The average Bonchev–Trinajstić information content (AvgIpc) is 2.64. The van der Waals surface area contributed by atoms with Crippen LogP contribution in [-0.2, 0) is 17.6 Å². The van der Waals surface area contributed by atoms with Gasteiger partial charge in [0.15, 0.2) is 0 Å². The summed E-state index contributed by atoms with van der Waals surface area (Å²) < 4.78 is 5.36. The zero-order valence-corrected chi connectivity index (χ0v) is 11.0. The zero-order chi connectivity index (χ0) is 12.2. The van der Waals surface area contributed by atoms with Crippen LogP contribution in [0.1, 0.15) is 30.4 Å². The van der Waals surface area contributed by atoms with Crippen LogP contribution in [0.15, 0.2) is 18.2 Å². The number of hydrazine groups is 1. The van der Waals surface area contributed by atoms with Crippen molar-refractivity contribution in [2.24, 2.45) is 0 Å². The van der Waals surface area contributed by atoms with E-state index in [1.165, 1.54) is 37.8 Å². The Kier molecular flexibility index (Phi) is 3.81. The minimum absolute atomic E-state index is 0.831. The Labute approximate surface area is 109 Å². The second-order valence-corrected chi connectivity index (χ2v) is 5.26. The number of benzene rings is 1. The average molecular weight is 246 g/mol. The zero-order valence-electron chi connectivity index (χ0n) is 11.0. The molecule has 0 bridgehead atoms. The van der Waals surface area contributed by atoms with Crippen molar-refractivity contribution >= 4 is 5.69 Å². The third-order valence-corrected chi connectivity index (χ3v) is 3.90. The molecule has 3 heteroatoms. The second kappa shape index (κ2) is 5.72. The van der Waals surface area contributed by atoms with E-state index in [9.17, 15) is 0 Å². The van der Waals surface area contributed by atoms with Crippen LogP contribution < -0.4 is 5.43 Å². The van der Waals surface area contributed by atoms with Crippen molar-refractivity contribution in [2.45, 2.75) is 32.1 Å². The predicted molar refractivity (Wildman–Crippen MR) is 73.7 cm³/mol.